The van der Waals surface area contributed by atoms with Crippen molar-refractivity contribution in [2.24, 2.45) is 0 Å². The second kappa shape index (κ2) is 5.38. The zero-order chi connectivity index (χ0) is 12.3. The number of nitrogens with zero attached hydrogens (tertiary/aromatic N) is 1. The molecule has 0 bridgehead atoms. The molecule has 1 aromatic carbocycles. The van der Waals surface area contributed by atoms with Crippen molar-refractivity contribution in [3.8, 4) is 5.75 Å². The Balaban J connectivity index is 2.10. The van der Waals surface area contributed by atoms with E-state index in [1.54, 1.807) is 7.11 Å². The highest BCUT2D eigenvalue weighted by atomic mass is 16.5. The molecule has 0 spiro atoms. The highest BCUT2D eigenvalue weighted by molar-refractivity contribution is 5.48. The van der Waals surface area contributed by atoms with Crippen LogP contribution in [0.3, 0.4) is 0 Å². The molecule has 1 saturated carbocycles. The van der Waals surface area contributed by atoms with Crippen LogP contribution in [0.4, 0.5) is 5.69 Å². The molecule has 0 atom stereocenters. The minimum atomic E-state index is 0.202. The van der Waals surface area contributed by atoms with Gasteiger partial charge in [-0.1, -0.05) is 6.07 Å². The first-order valence-electron chi connectivity index (χ1n) is 6.02. The molecule has 0 saturated heterocycles. The van der Waals surface area contributed by atoms with Crippen molar-refractivity contribution in [2.75, 3.05) is 26.0 Å². The molecule has 0 unspecified atom stereocenters. The van der Waals surface area contributed by atoms with Crippen molar-refractivity contribution in [1.82, 2.24) is 4.90 Å². The molecule has 1 fully saturated rings. The maximum Gasteiger partial charge on any atom is 0.125 e. The number of hydrogen-bond acceptors (Lipinski definition) is 4. The lowest BCUT2D eigenvalue weighted by Crippen LogP contribution is -2.28. The lowest BCUT2D eigenvalue weighted by Gasteiger charge is -2.22. The average molecular weight is 236 g/mol. The van der Waals surface area contributed by atoms with Crippen molar-refractivity contribution in [3.05, 3.63) is 23.8 Å². The molecule has 0 amide bonds. The van der Waals surface area contributed by atoms with E-state index < -0.39 is 0 Å². The third-order valence-corrected chi connectivity index (χ3v) is 3.14. The zero-order valence-electron chi connectivity index (χ0n) is 10.2. The van der Waals surface area contributed by atoms with E-state index >= 15 is 0 Å². The van der Waals surface area contributed by atoms with Crippen LogP contribution in [0.5, 0.6) is 5.75 Å². The number of nitrogens with two attached hydrogens (primary N) is 1. The van der Waals surface area contributed by atoms with Gasteiger partial charge in [-0.05, 0) is 18.9 Å². The molecule has 1 aliphatic rings. The topological polar surface area (TPSA) is 58.7 Å². The predicted octanol–water partition coefficient (Wildman–Crippen LogP) is 1.23. The van der Waals surface area contributed by atoms with Crippen LogP contribution in [0, 0.1) is 0 Å². The Morgan fingerprint density at radius 2 is 2.24 bits per heavy atom. The number of nitrogen functional groups attached to an aromatic ring is 1. The van der Waals surface area contributed by atoms with Gasteiger partial charge < -0.3 is 15.6 Å². The number of aliphatic hydroxyl groups is 1. The molecule has 0 aliphatic heterocycles. The van der Waals surface area contributed by atoms with E-state index in [0.29, 0.717) is 11.7 Å². The van der Waals surface area contributed by atoms with E-state index in [1.807, 2.05) is 18.2 Å². The molecular formula is C13H20N2O2. The van der Waals surface area contributed by atoms with Gasteiger partial charge in [0.1, 0.15) is 5.75 Å². The summed E-state index contributed by atoms with van der Waals surface area (Å²) in [6, 6.07) is 6.37. The standard InChI is InChI=1S/C13H20N2O2/c1-17-13-8-11(14)3-2-10(13)9-15(6-7-16)12-4-5-12/h2-3,8,12,16H,4-7,9,14H2,1H3. The van der Waals surface area contributed by atoms with Crippen molar-refractivity contribution >= 4 is 5.69 Å². The van der Waals surface area contributed by atoms with Gasteiger partial charge >= 0.3 is 0 Å². The molecule has 0 aromatic heterocycles. The van der Waals surface area contributed by atoms with Gasteiger partial charge in [0.05, 0.1) is 13.7 Å². The molecule has 94 valence electrons. The fraction of sp³-hybridized carbons (Fsp3) is 0.538. The first-order valence-corrected chi connectivity index (χ1v) is 6.02. The second-order valence-electron chi connectivity index (χ2n) is 4.50. The van der Waals surface area contributed by atoms with Gasteiger partial charge in [0.25, 0.3) is 0 Å². The molecule has 2 rings (SSSR count). The van der Waals surface area contributed by atoms with Gasteiger partial charge in [-0.15, -0.1) is 0 Å². The summed E-state index contributed by atoms with van der Waals surface area (Å²) in [6.07, 6.45) is 2.47. The van der Waals surface area contributed by atoms with Crippen LogP contribution in [0.25, 0.3) is 0 Å². The summed E-state index contributed by atoms with van der Waals surface area (Å²) in [6.45, 7) is 1.74. The predicted molar refractivity (Wildman–Crippen MR) is 67.9 cm³/mol. The van der Waals surface area contributed by atoms with Crippen molar-refractivity contribution in [2.45, 2.75) is 25.4 Å². The lowest BCUT2D eigenvalue weighted by atomic mass is 10.1. The Bertz CT molecular complexity index is 378. The Morgan fingerprint density at radius 3 is 2.82 bits per heavy atom. The number of benzene rings is 1. The molecule has 17 heavy (non-hydrogen) atoms. The monoisotopic (exact) mass is 236 g/mol. The summed E-state index contributed by atoms with van der Waals surface area (Å²) in [5.74, 6) is 0.827. The Labute approximate surface area is 102 Å². The molecule has 0 heterocycles. The van der Waals surface area contributed by atoms with Gasteiger partial charge in [0.2, 0.25) is 0 Å². The Kier molecular flexibility index (Phi) is 3.86. The Morgan fingerprint density at radius 1 is 1.47 bits per heavy atom. The Hall–Kier alpha value is -1.26. The maximum atomic E-state index is 9.07. The number of hydrogen-bond donors (Lipinski definition) is 2. The molecule has 3 N–H and O–H groups in total. The third-order valence-electron chi connectivity index (χ3n) is 3.14. The lowest BCUT2D eigenvalue weighted by molar-refractivity contribution is 0.182. The molecule has 4 nitrogen and oxygen atoms in total. The largest absolute Gasteiger partial charge is 0.496 e. The highest BCUT2D eigenvalue weighted by Crippen LogP contribution is 2.30. The summed E-state index contributed by atoms with van der Waals surface area (Å²) in [4.78, 5) is 2.30. The van der Waals surface area contributed by atoms with Gasteiger partial charge in [0, 0.05) is 36.4 Å². The molecule has 1 aliphatic carbocycles. The molecular weight excluding hydrogens is 216 g/mol. The molecule has 1 aromatic rings. The summed E-state index contributed by atoms with van der Waals surface area (Å²) in [7, 11) is 1.66. The molecule has 0 radical (unpaired) electrons. The maximum absolute atomic E-state index is 9.07. The van der Waals surface area contributed by atoms with E-state index in [1.165, 1.54) is 12.8 Å². The van der Waals surface area contributed by atoms with Gasteiger partial charge in [-0.25, -0.2) is 0 Å². The second-order valence-corrected chi connectivity index (χ2v) is 4.50. The summed E-state index contributed by atoms with van der Waals surface area (Å²) >= 11 is 0. The van der Waals surface area contributed by atoms with Crippen LogP contribution in [0.2, 0.25) is 0 Å². The van der Waals surface area contributed by atoms with Crippen LogP contribution in [-0.2, 0) is 6.54 Å². The number of ether oxygens (including phenoxy) is 1. The van der Waals surface area contributed by atoms with E-state index in [9.17, 15) is 0 Å². The minimum Gasteiger partial charge on any atom is -0.496 e. The van der Waals surface area contributed by atoms with Crippen molar-refractivity contribution < 1.29 is 9.84 Å². The summed E-state index contributed by atoms with van der Waals surface area (Å²) in [5, 5.41) is 9.07. The van der Waals surface area contributed by atoms with E-state index in [4.69, 9.17) is 15.6 Å². The quantitative estimate of drug-likeness (QED) is 0.729. The van der Waals surface area contributed by atoms with Crippen molar-refractivity contribution in [3.63, 3.8) is 0 Å². The van der Waals surface area contributed by atoms with E-state index in [-0.39, 0.29) is 6.61 Å². The van der Waals surface area contributed by atoms with Gasteiger partial charge in [-0.2, -0.15) is 0 Å². The number of aliphatic hydroxyl groups excluding tert-OH is 1. The number of anilines is 1. The van der Waals surface area contributed by atoms with Crippen LogP contribution >= 0.6 is 0 Å². The molecule has 4 heteroatoms. The first kappa shape index (κ1) is 12.2. The number of rotatable bonds is 6. The van der Waals surface area contributed by atoms with E-state index in [0.717, 1.165) is 24.4 Å². The normalized spacial score (nSPS) is 15.2. The minimum absolute atomic E-state index is 0.202. The van der Waals surface area contributed by atoms with Crippen molar-refractivity contribution in [1.29, 1.82) is 0 Å². The van der Waals surface area contributed by atoms with Crippen LogP contribution < -0.4 is 10.5 Å². The highest BCUT2D eigenvalue weighted by Gasteiger charge is 2.28. The van der Waals surface area contributed by atoms with E-state index in [2.05, 4.69) is 4.90 Å². The third kappa shape index (κ3) is 3.11. The fourth-order valence-electron chi connectivity index (χ4n) is 2.07. The first-order chi connectivity index (χ1) is 8.24. The smallest absolute Gasteiger partial charge is 0.125 e. The van der Waals surface area contributed by atoms with Gasteiger partial charge in [-0.3, -0.25) is 4.90 Å². The summed E-state index contributed by atoms with van der Waals surface area (Å²) in [5.41, 5.74) is 7.57. The number of methoxy groups -OCH3 is 1. The van der Waals surface area contributed by atoms with Gasteiger partial charge in [0.15, 0.2) is 0 Å². The average Bonchev–Trinajstić information content (AvgIpc) is 3.14. The van der Waals surface area contributed by atoms with Crippen LogP contribution in [-0.4, -0.2) is 36.3 Å². The van der Waals surface area contributed by atoms with Crippen LogP contribution in [0.1, 0.15) is 18.4 Å². The zero-order valence-corrected chi connectivity index (χ0v) is 10.2. The fourth-order valence-corrected chi connectivity index (χ4v) is 2.07. The van der Waals surface area contributed by atoms with Crippen LogP contribution in [0.15, 0.2) is 18.2 Å². The summed E-state index contributed by atoms with van der Waals surface area (Å²) < 4.78 is 5.34. The SMILES string of the molecule is COc1cc(N)ccc1CN(CCO)C1CC1.